The number of likely N-dealkylation sites (tertiary alicyclic amines) is 1. The predicted molar refractivity (Wildman–Crippen MR) is 78.6 cm³/mol. The molecule has 0 bridgehead atoms. The van der Waals surface area contributed by atoms with E-state index in [1.807, 2.05) is 12.3 Å². The van der Waals surface area contributed by atoms with Crippen molar-refractivity contribution in [1.29, 1.82) is 0 Å². The molecular weight excluding hydrogens is 288 g/mol. The van der Waals surface area contributed by atoms with Gasteiger partial charge < -0.3 is 0 Å². The minimum atomic E-state index is -3.23. The Bertz CT molecular complexity index is 712. The molecule has 1 fully saturated rings. The molecule has 21 heavy (non-hydrogen) atoms. The van der Waals surface area contributed by atoms with Crippen LogP contribution in [0.25, 0.3) is 0 Å². The van der Waals surface area contributed by atoms with Crippen LogP contribution in [0, 0.1) is 0 Å². The zero-order valence-electron chi connectivity index (χ0n) is 11.9. The number of nitrogens with one attached hydrogen (secondary N) is 1. The largest absolute Gasteiger partial charge is 0.298 e. The highest BCUT2D eigenvalue weighted by Gasteiger charge is 2.29. The Balaban J connectivity index is 1.72. The lowest BCUT2D eigenvalue weighted by atomic mass is 10.1. The summed E-state index contributed by atoms with van der Waals surface area (Å²) in [4.78, 5) is 6.76. The average Bonchev–Trinajstić information content (AvgIpc) is 3.07. The van der Waals surface area contributed by atoms with E-state index in [0.29, 0.717) is 4.90 Å². The van der Waals surface area contributed by atoms with Gasteiger partial charge in [0.15, 0.2) is 9.84 Å². The first-order chi connectivity index (χ1) is 10.0. The Morgan fingerprint density at radius 1 is 1.43 bits per heavy atom. The smallest absolute Gasteiger partial charge is 0.178 e. The molecule has 0 amide bonds. The van der Waals surface area contributed by atoms with E-state index >= 15 is 0 Å². The molecule has 7 heteroatoms. The van der Waals surface area contributed by atoms with E-state index in [1.165, 1.54) is 18.0 Å². The van der Waals surface area contributed by atoms with Crippen molar-refractivity contribution < 1.29 is 8.42 Å². The average molecular weight is 306 g/mol. The first-order valence-electron chi connectivity index (χ1n) is 6.88. The molecular formula is C14H18N4O2S. The van der Waals surface area contributed by atoms with E-state index in [9.17, 15) is 8.42 Å². The summed E-state index contributed by atoms with van der Waals surface area (Å²) in [6.45, 7) is 2.62. The van der Waals surface area contributed by atoms with Gasteiger partial charge in [-0.1, -0.05) is 6.07 Å². The van der Waals surface area contributed by atoms with Gasteiger partial charge >= 0.3 is 0 Å². The summed E-state index contributed by atoms with van der Waals surface area (Å²) in [6, 6.07) is 3.98. The molecule has 1 atom stereocenters. The molecule has 0 unspecified atom stereocenters. The number of H-pyrrole nitrogens is 1. The number of aromatic nitrogens is 3. The lowest BCUT2D eigenvalue weighted by Crippen LogP contribution is -2.20. The second-order valence-electron chi connectivity index (χ2n) is 5.50. The van der Waals surface area contributed by atoms with Crippen LogP contribution in [0.4, 0.5) is 0 Å². The minimum absolute atomic E-state index is 0.189. The molecule has 1 N–H and O–H groups in total. The maximum atomic E-state index is 11.8. The topological polar surface area (TPSA) is 79.0 Å². The minimum Gasteiger partial charge on any atom is -0.298 e. The third kappa shape index (κ3) is 3.14. The van der Waals surface area contributed by atoms with Crippen molar-refractivity contribution >= 4 is 9.84 Å². The zero-order valence-corrected chi connectivity index (χ0v) is 12.7. The van der Waals surface area contributed by atoms with Gasteiger partial charge in [0, 0.05) is 37.7 Å². The highest BCUT2D eigenvalue weighted by atomic mass is 32.2. The maximum absolute atomic E-state index is 11.8. The Morgan fingerprint density at radius 2 is 2.29 bits per heavy atom. The number of hydrogen-bond acceptors (Lipinski definition) is 5. The molecule has 1 saturated heterocycles. The lowest BCUT2D eigenvalue weighted by molar-refractivity contribution is 0.325. The molecule has 6 nitrogen and oxygen atoms in total. The van der Waals surface area contributed by atoms with Crippen molar-refractivity contribution in [1.82, 2.24) is 20.1 Å². The standard InChI is InChI=1S/C14H18N4O2S/c1-21(19,20)13-8-16-17-14(13)12-4-6-18(10-12)9-11-3-2-5-15-7-11/h2-3,5,7-8,12H,4,6,9-10H2,1H3,(H,16,17)/t12-/m0/s1. The van der Waals surface area contributed by atoms with Crippen LogP contribution in [0.15, 0.2) is 35.6 Å². The second kappa shape index (κ2) is 5.57. The predicted octanol–water partition coefficient (Wildman–Crippen LogP) is 1.20. The molecule has 0 radical (unpaired) electrons. The number of rotatable bonds is 4. The van der Waals surface area contributed by atoms with Crippen LogP contribution in [-0.2, 0) is 16.4 Å². The third-order valence-electron chi connectivity index (χ3n) is 3.84. The van der Waals surface area contributed by atoms with Gasteiger partial charge in [0.05, 0.1) is 11.9 Å². The number of sulfone groups is 1. The fourth-order valence-corrected chi connectivity index (χ4v) is 3.69. The van der Waals surface area contributed by atoms with Gasteiger partial charge in [0.1, 0.15) is 4.90 Å². The monoisotopic (exact) mass is 306 g/mol. The van der Waals surface area contributed by atoms with Crippen molar-refractivity contribution in [3.05, 3.63) is 42.0 Å². The van der Waals surface area contributed by atoms with E-state index in [0.717, 1.165) is 31.7 Å². The lowest BCUT2D eigenvalue weighted by Gasteiger charge is -2.15. The van der Waals surface area contributed by atoms with Gasteiger partial charge in [-0.3, -0.25) is 15.0 Å². The molecule has 2 aromatic heterocycles. The van der Waals surface area contributed by atoms with Gasteiger partial charge in [-0.25, -0.2) is 8.42 Å². The molecule has 1 aliphatic rings. The van der Waals surface area contributed by atoms with Gasteiger partial charge in [-0.05, 0) is 24.6 Å². The van der Waals surface area contributed by atoms with E-state index in [2.05, 4.69) is 26.1 Å². The third-order valence-corrected chi connectivity index (χ3v) is 4.97. The van der Waals surface area contributed by atoms with Crippen LogP contribution in [0.1, 0.15) is 23.6 Å². The van der Waals surface area contributed by atoms with Gasteiger partial charge in [-0.15, -0.1) is 0 Å². The second-order valence-corrected chi connectivity index (χ2v) is 7.49. The molecule has 2 aromatic rings. The van der Waals surface area contributed by atoms with Crippen molar-refractivity contribution in [2.75, 3.05) is 19.3 Å². The summed E-state index contributed by atoms with van der Waals surface area (Å²) in [6.07, 6.45) is 7.20. The Hall–Kier alpha value is -1.73. The summed E-state index contributed by atoms with van der Waals surface area (Å²) >= 11 is 0. The molecule has 0 saturated carbocycles. The summed E-state index contributed by atoms with van der Waals surface area (Å²) < 4.78 is 23.5. The Morgan fingerprint density at radius 3 is 3.00 bits per heavy atom. The highest BCUT2D eigenvalue weighted by Crippen LogP contribution is 2.30. The van der Waals surface area contributed by atoms with Crippen LogP contribution in [0.2, 0.25) is 0 Å². The number of aromatic amines is 1. The van der Waals surface area contributed by atoms with Crippen LogP contribution >= 0.6 is 0 Å². The Kier molecular flexibility index (Phi) is 3.77. The molecule has 1 aliphatic heterocycles. The first-order valence-corrected chi connectivity index (χ1v) is 8.78. The summed E-state index contributed by atoms with van der Waals surface area (Å²) in [5.74, 6) is 0.189. The zero-order chi connectivity index (χ0) is 14.9. The number of hydrogen-bond donors (Lipinski definition) is 1. The van der Waals surface area contributed by atoms with E-state index in [-0.39, 0.29) is 5.92 Å². The van der Waals surface area contributed by atoms with Crippen LogP contribution in [-0.4, -0.2) is 47.8 Å². The van der Waals surface area contributed by atoms with E-state index in [1.54, 1.807) is 6.20 Å². The molecule has 0 spiro atoms. The Labute approximate surface area is 124 Å². The molecule has 112 valence electrons. The molecule has 0 aliphatic carbocycles. The normalized spacial score (nSPS) is 20.0. The van der Waals surface area contributed by atoms with Gasteiger partial charge in [0.2, 0.25) is 0 Å². The SMILES string of the molecule is CS(=O)(=O)c1cn[nH]c1[C@H]1CCN(Cc2cccnc2)C1. The summed E-state index contributed by atoms with van der Waals surface area (Å²) in [5, 5.41) is 6.78. The van der Waals surface area contributed by atoms with Gasteiger partial charge in [-0.2, -0.15) is 5.10 Å². The summed E-state index contributed by atoms with van der Waals surface area (Å²) in [7, 11) is -3.23. The molecule has 3 heterocycles. The number of nitrogens with zero attached hydrogens (tertiary/aromatic N) is 3. The van der Waals surface area contributed by atoms with Crippen molar-refractivity contribution in [2.24, 2.45) is 0 Å². The van der Waals surface area contributed by atoms with Crippen molar-refractivity contribution in [3.63, 3.8) is 0 Å². The van der Waals surface area contributed by atoms with Crippen molar-refractivity contribution in [3.8, 4) is 0 Å². The summed E-state index contributed by atoms with van der Waals surface area (Å²) in [5.41, 5.74) is 1.91. The fraction of sp³-hybridized carbons (Fsp3) is 0.429. The van der Waals surface area contributed by atoms with Gasteiger partial charge in [0.25, 0.3) is 0 Å². The molecule has 3 rings (SSSR count). The van der Waals surface area contributed by atoms with Crippen LogP contribution in [0.3, 0.4) is 0 Å². The first kappa shape index (κ1) is 14.2. The van der Waals surface area contributed by atoms with E-state index in [4.69, 9.17) is 0 Å². The quantitative estimate of drug-likeness (QED) is 0.918. The van der Waals surface area contributed by atoms with Crippen molar-refractivity contribution in [2.45, 2.75) is 23.8 Å². The van der Waals surface area contributed by atoms with E-state index < -0.39 is 9.84 Å². The fourth-order valence-electron chi connectivity index (χ4n) is 2.83. The highest BCUT2D eigenvalue weighted by molar-refractivity contribution is 7.90. The van der Waals surface area contributed by atoms with Crippen LogP contribution in [0.5, 0.6) is 0 Å². The van der Waals surface area contributed by atoms with Crippen LogP contribution < -0.4 is 0 Å². The maximum Gasteiger partial charge on any atom is 0.178 e. The number of pyridine rings is 1. The molecule has 0 aromatic carbocycles.